The number of hydrogen-bond donors (Lipinski definition) is 3. The Hall–Kier alpha value is -2.97. The molecule has 1 fully saturated rings. The maximum atomic E-state index is 13.2. The Balaban J connectivity index is 1.40. The van der Waals surface area contributed by atoms with Gasteiger partial charge in [-0.25, -0.2) is 16.8 Å². The Labute approximate surface area is 230 Å². The molecule has 2 amide bonds. The number of hydrazine groups is 1. The average Bonchev–Trinajstić information content (AvgIpc) is 3.31. The van der Waals surface area contributed by atoms with Crippen LogP contribution in [0.15, 0.2) is 69.1 Å². The molecule has 1 aliphatic rings. The molecule has 3 N–H and O–H groups in total. The smallest absolute Gasteiger partial charge is 0.271 e. The van der Waals surface area contributed by atoms with Crippen molar-refractivity contribution in [3.63, 3.8) is 0 Å². The molecule has 0 spiro atoms. The van der Waals surface area contributed by atoms with E-state index in [1.165, 1.54) is 52.8 Å². The van der Waals surface area contributed by atoms with E-state index in [0.29, 0.717) is 13.1 Å². The first-order chi connectivity index (χ1) is 18.1. The lowest BCUT2D eigenvalue weighted by atomic mass is 10.2. The summed E-state index contributed by atoms with van der Waals surface area (Å²) in [6, 6.07) is 12.6. The Morgan fingerprint density at radius 3 is 2.03 bits per heavy atom. The third kappa shape index (κ3) is 6.53. The summed E-state index contributed by atoms with van der Waals surface area (Å²) >= 11 is 7.26. The summed E-state index contributed by atoms with van der Waals surface area (Å²) in [4.78, 5) is 25.0. The Bertz CT molecular complexity index is 1520. The molecule has 3 aromatic rings. The van der Waals surface area contributed by atoms with Gasteiger partial charge in [-0.2, -0.15) is 4.31 Å². The van der Waals surface area contributed by atoms with E-state index in [1.54, 1.807) is 11.4 Å². The maximum Gasteiger partial charge on any atom is 0.271 e. The molecule has 1 saturated heterocycles. The van der Waals surface area contributed by atoms with E-state index < -0.39 is 31.9 Å². The number of carbonyl (C=O) groups excluding carboxylic acids is 2. The van der Waals surface area contributed by atoms with Crippen LogP contribution in [0.25, 0.3) is 0 Å². The third-order valence-corrected chi connectivity index (χ3v) is 11.0. The molecular formula is C24H25ClN4O6S3. The zero-order valence-electron chi connectivity index (χ0n) is 20.0. The number of halogens is 1. The van der Waals surface area contributed by atoms with E-state index in [4.69, 9.17) is 11.6 Å². The van der Waals surface area contributed by atoms with Crippen molar-refractivity contribution in [2.24, 2.45) is 0 Å². The van der Waals surface area contributed by atoms with E-state index in [-0.39, 0.29) is 30.9 Å². The first-order valence-electron chi connectivity index (χ1n) is 11.6. The summed E-state index contributed by atoms with van der Waals surface area (Å²) < 4.78 is 55.0. The molecule has 2 aromatic carbocycles. The lowest BCUT2D eigenvalue weighted by Gasteiger charge is -2.21. The van der Waals surface area contributed by atoms with Gasteiger partial charge in [0.05, 0.1) is 5.02 Å². The van der Waals surface area contributed by atoms with Gasteiger partial charge < -0.3 is 0 Å². The predicted molar refractivity (Wildman–Crippen MR) is 145 cm³/mol. The van der Waals surface area contributed by atoms with Crippen molar-refractivity contribution >= 4 is 60.5 Å². The molecule has 0 radical (unpaired) electrons. The van der Waals surface area contributed by atoms with Crippen molar-refractivity contribution in [2.45, 2.75) is 34.8 Å². The minimum atomic E-state index is -3.89. The summed E-state index contributed by atoms with van der Waals surface area (Å²) in [5, 5.41) is 1.65. The molecule has 0 atom stereocenters. The zero-order chi connectivity index (χ0) is 27.3. The molecule has 0 saturated carbocycles. The normalized spacial score (nSPS) is 14.9. The van der Waals surface area contributed by atoms with Crippen LogP contribution in [0.3, 0.4) is 0 Å². The van der Waals surface area contributed by atoms with Crippen LogP contribution in [0.1, 0.15) is 46.4 Å². The zero-order valence-corrected chi connectivity index (χ0v) is 23.2. The number of nitrogens with zero attached hydrogens (tertiary/aromatic N) is 1. The molecule has 0 aliphatic carbocycles. The second kappa shape index (κ2) is 11.8. The largest absolute Gasteiger partial charge is 0.279 e. The maximum absolute atomic E-state index is 13.2. The van der Waals surface area contributed by atoms with Crippen LogP contribution in [-0.2, 0) is 20.0 Å². The number of thiophene rings is 1. The summed E-state index contributed by atoms with van der Waals surface area (Å²) in [5.74, 6) is -1.39. The first-order valence-corrected chi connectivity index (χ1v) is 15.8. The highest BCUT2D eigenvalue weighted by Crippen LogP contribution is 2.28. The van der Waals surface area contributed by atoms with Crippen LogP contribution in [-0.4, -0.2) is 46.0 Å². The summed E-state index contributed by atoms with van der Waals surface area (Å²) in [7, 11) is -7.62. The second-order valence-electron chi connectivity index (χ2n) is 8.49. The molecule has 0 unspecified atom stereocenters. The quantitative estimate of drug-likeness (QED) is 0.354. The molecule has 14 heteroatoms. The number of benzene rings is 2. The van der Waals surface area contributed by atoms with Crippen molar-refractivity contribution in [1.82, 2.24) is 15.2 Å². The van der Waals surface area contributed by atoms with Crippen LogP contribution < -0.4 is 15.6 Å². The van der Waals surface area contributed by atoms with Gasteiger partial charge in [-0.1, -0.05) is 30.5 Å². The summed E-state index contributed by atoms with van der Waals surface area (Å²) in [6.07, 6.45) is 3.42. The van der Waals surface area contributed by atoms with Gasteiger partial charge in [0.25, 0.3) is 21.8 Å². The van der Waals surface area contributed by atoms with Gasteiger partial charge in [0, 0.05) is 29.9 Å². The Morgan fingerprint density at radius 2 is 1.42 bits per heavy atom. The molecular weight excluding hydrogens is 572 g/mol. The fraction of sp³-hybridized carbons (Fsp3) is 0.250. The van der Waals surface area contributed by atoms with Gasteiger partial charge in [-0.3, -0.25) is 25.2 Å². The van der Waals surface area contributed by atoms with Crippen molar-refractivity contribution < 1.29 is 26.4 Å². The number of sulfonamides is 2. The molecule has 38 heavy (non-hydrogen) atoms. The van der Waals surface area contributed by atoms with Crippen LogP contribution >= 0.6 is 22.9 Å². The third-order valence-electron chi connectivity index (χ3n) is 5.83. The molecule has 202 valence electrons. The van der Waals surface area contributed by atoms with Gasteiger partial charge in [0.15, 0.2) is 0 Å². The minimum absolute atomic E-state index is 0.00132. The van der Waals surface area contributed by atoms with Gasteiger partial charge in [-0.15, -0.1) is 11.3 Å². The van der Waals surface area contributed by atoms with Gasteiger partial charge in [0.1, 0.15) is 9.10 Å². The van der Waals surface area contributed by atoms with Crippen molar-refractivity contribution in [2.75, 3.05) is 17.8 Å². The topological polar surface area (TPSA) is 142 Å². The molecule has 0 bridgehead atoms. The number of rotatable bonds is 7. The Morgan fingerprint density at radius 1 is 0.816 bits per heavy atom. The first kappa shape index (κ1) is 28.0. The fourth-order valence-electron chi connectivity index (χ4n) is 3.83. The van der Waals surface area contributed by atoms with Gasteiger partial charge >= 0.3 is 0 Å². The minimum Gasteiger partial charge on any atom is -0.279 e. The second-order valence-corrected chi connectivity index (χ2v) is 13.7. The van der Waals surface area contributed by atoms with Gasteiger partial charge in [0.2, 0.25) is 10.0 Å². The average molecular weight is 597 g/mol. The van der Waals surface area contributed by atoms with Crippen LogP contribution in [0.4, 0.5) is 5.69 Å². The lowest BCUT2D eigenvalue weighted by molar-refractivity contribution is 0.0846. The molecule has 1 aliphatic heterocycles. The van der Waals surface area contributed by atoms with Crippen molar-refractivity contribution in [3.05, 3.63) is 76.1 Å². The summed E-state index contributed by atoms with van der Waals surface area (Å²) in [5.41, 5.74) is 4.94. The van der Waals surface area contributed by atoms with E-state index in [2.05, 4.69) is 15.6 Å². The number of amides is 2. The highest BCUT2D eigenvalue weighted by atomic mass is 35.5. The summed E-state index contributed by atoms with van der Waals surface area (Å²) in [6.45, 7) is 0.777. The van der Waals surface area contributed by atoms with E-state index in [0.717, 1.165) is 37.0 Å². The van der Waals surface area contributed by atoms with Gasteiger partial charge in [-0.05, 0) is 66.8 Å². The number of carbonyl (C=O) groups is 2. The van der Waals surface area contributed by atoms with Crippen molar-refractivity contribution in [3.8, 4) is 0 Å². The van der Waals surface area contributed by atoms with Crippen molar-refractivity contribution in [1.29, 1.82) is 0 Å². The molecule has 2 heterocycles. The molecule has 1 aromatic heterocycles. The predicted octanol–water partition coefficient (Wildman–Crippen LogP) is 3.84. The molecule has 10 nitrogen and oxygen atoms in total. The monoisotopic (exact) mass is 596 g/mol. The standard InChI is InChI=1S/C24H25ClN4O6S3/c25-20-12-9-18(16-21(20)38(34,35)29-13-3-1-2-4-14-29)24(31)27-26-23(30)17-7-10-19(11-8-17)28-37(32,33)22-6-5-15-36-22/h5-12,15-16,28H,1-4,13-14H2,(H,26,30)(H,27,31). The number of nitrogens with one attached hydrogen (secondary N) is 3. The highest BCUT2D eigenvalue weighted by molar-refractivity contribution is 7.94. The highest BCUT2D eigenvalue weighted by Gasteiger charge is 2.28. The SMILES string of the molecule is O=C(NNC(=O)c1ccc(Cl)c(S(=O)(=O)N2CCCCCC2)c1)c1ccc(NS(=O)(=O)c2cccs2)cc1. The lowest BCUT2D eigenvalue weighted by Crippen LogP contribution is -2.41. The number of hydrogen-bond acceptors (Lipinski definition) is 7. The number of anilines is 1. The van der Waals surface area contributed by atoms with E-state index in [9.17, 15) is 26.4 Å². The Kier molecular flexibility index (Phi) is 8.73. The van der Waals surface area contributed by atoms with E-state index in [1.807, 2.05) is 0 Å². The molecule has 4 rings (SSSR count). The van der Waals surface area contributed by atoms with Crippen LogP contribution in [0.5, 0.6) is 0 Å². The van der Waals surface area contributed by atoms with Crippen LogP contribution in [0, 0.1) is 0 Å². The van der Waals surface area contributed by atoms with Crippen LogP contribution in [0.2, 0.25) is 5.02 Å². The van der Waals surface area contributed by atoms with E-state index >= 15 is 0 Å². The fourth-order valence-corrected chi connectivity index (χ4v) is 7.90.